The van der Waals surface area contributed by atoms with Crippen LogP contribution in [0.3, 0.4) is 0 Å². The summed E-state index contributed by atoms with van der Waals surface area (Å²) in [6, 6.07) is 1.48. The largest absolute Gasteiger partial charge is 0.326 e. The van der Waals surface area contributed by atoms with Crippen molar-refractivity contribution < 1.29 is 8.42 Å². The third-order valence-electron chi connectivity index (χ3n) is 1.95. The molecule has 0 radical (unpaired) electrons. The lowest BCUT2D eigenvalue weighted by atomic mass is 10.7. The van der Waals surface area contributed by atoms with Crippen LogP contribution in [0.25, 0.3) is 0 Å². The number of rotatable bonds is 3. The van der Waals surface area contributed by atoms with E-state index in [2.05, 4.69) is 20.7 Å². The molecule has 4 nitrogen and oxygen atoms in total. The van der Waals surface area contributed by atoms with Gasteiger partial charge in [-0.1, -0.05) is 0 Å². The van der Waals surface area contributed by atoms with Crippen LogP contribution in [0, 0.1) is 0 Å². The molecule has 1 aromatic heterocycles. The second-order valence-electron chi connectivity index (χ2n) is 3.21. The van der Waals surface area contributed by atoms with Gasteiger partial charge in [0.1, 0.15) is 4.21 Å². The first-order valence-electron chi connectivity index (χ1n) is 4.01. The molecule has 1 saturated carbocycles. The summed E-state index contributed by atoms with van der Waals surface area (Å²) in [5.74, 6) is 0. The summed E-state index contributed by atoms with van der Waals surface area (Å²) >= 11 is 4.40. The van der Waals surface area contributed by atoms with E-state index < -0.39 is 10.0 Å². The van der Waals surface area contributed by atoms with E-state index in [1.807, 2.05) is 0 Å². The van der Waals surface area contributed by atoms with Gasteiger partial charge in [0.05, 0.1) is 0 Å². The van der Waals surface area contributed by atoms with Crippen LogP contribution in [0.1, 0.15) is 6.42 Å². The van der Waals surface area contributed by atoms with Gasteiger partial charge in [0.25, 0.3) is 0 Å². The lowest BCUT2D eigenvalue weighted by Crippen LogP contribution is -2.29. The Balaban J connectivity index is 2.16. The molecular formula is C7H9BrN2O2S2. The second kappa shape index (κ2) is 3.57. The summed E-state index contributed by atoms with van der Waals surface area (Å²) in [5.41, 5.74) is 5.52. The van der Waals surface area contributed by atoms with Gasteiger partial charge in [0, 0.05) is 21.9 Å². The minimum Gasteiger partial charge on any atom is -0.326 e. The predicted molar refractivity (Wildman–Crippen MR) is 58.7 cm³/mol. The molecule has 78 valence electrons. The number of sulfonamides is 1. The Morgan fingerprint density at radius 1 is 1.64 bits per heavy atom. The normalized spacial score (nSPS) is 26.4. The van der Waals surface area contributed by atoms with E-state index in [1.54, 1.807) is 11.4 Å². The van der Waals surface area contributed by atoms with Crippen LogP contribution in [0.5, 0.6) is 0 Å². The Hall–Kier alpha value is 0.0500. The van der Waals surface area contributed by atoms with E-state index in [0.717, 1.165) is 10.9 Å². The summed E-state index contributed by atoms with van der Waals surface area (Å²) in [6.45, 7) is 0. The zero-order chi connectivity index (χ0) is 10.3. The smallest absolute Gasteiger partial charge is 0.250 e. The number of thiophene rings is 1. The third kappa shape index (κ3) is 2.17. The maximum atomic E-state index is 11.7. The molecule has 0 bridgehead atoms. The first-order valence-corrected chi connectivity index (χ1v) is 7.16. The first kappa shape index (κ1) is 10.6. The zero-order valence-electron chi connectivity index (χ0n) is 7.10. The summed E-state index contributed by atoms with van der Waals surface area (Å²) in [4.78, 5) is 0. The van der Waals surface area contributed by atoms with Gasteiger partial charge in [0.2, 0.25) is 10.0 Å². The van der Waals surface area contributed by atoms with Crippen molar-refractivity contribution in [2.24, 2.45) is 5.73 Å². The van der Waals surface area contributed by atoms with E-state index in [1.165, 1.54) is 11.3 Å². The maximum absolute atomic E-state index is 11.7. The Morgan fingerprint density at radius 2 is 2.29 bits per heavy atom. The summed E-state index contributed by atoms with van der Waals surface area (Å²) in [5, 5.41) is 1.74. The van der Waals surface area contributed by atoms with E-state index in [0.29, 0.717) is 4.21 Å². The highest BCUT2D eigenvalue weighted by Crippen LogP contribution is 2.26. The van der Waals surface area contributed by atoms with Gasteiger partial charge in [0.15, 0.2) is 0 Å². The second-order valence-corrected chi connectivity index (χ2v) is 6.98. The molecule has 0 amide bonds. The van der Waals surface area contributed by atoms with Crippen molar-refractivity contribution in [3.8, 4) is 0 Å². The first-order chi connectivity index (χ1) is 6.49. The van der Waals surface area contributed by atoms with Gasteiger partial charge in [-0.3, -0.25) is 0 Å². The Kier molecular flexibility index (Phi) is 2.69. The van der Waals surface area contributed by atoms with Crippen LogP contribution in [-0.4, -0.2) is 20.5 Å². The molecule has 2 atom stereocenters. The SMILES string of the molecule is NC1CC1NS(=O)(=O)c1cc(Br)cs1. The number of halogens is 1. The molecule has 1 aliphatic carbocycles. The average molecular weight is 297 g/mol. The molecule has 0 saturated heterocycles. The van der Waals surface area contributed by atoms with Gasteiger partial charge in [-0.2, -0.15) is 0 Å². The van der Waals surface area contributed by atoms with Crippen LogP contribution in [-0.2, 0) is 10.0 Å². The molecule has 0 aliphatic heterocycles. The summed E-state index contributed by atoms with van der Waals surface area (Å²) in [6.07, 6.45) is 0.728. The monoisotopic (exact) mass is 296 g/mol. The standard InChI is InChI=1S/C7H9BrN2O2S2/c8-4-1-7(13-3-4)14(11,12)10-6-2-5(6)9/h1,3,5-6,10H,2,9H2. The lowest BCUT2D eigenvalue weighted by Gasteiger charge is -2.01. The van der Waals surface area contributed by atoms with Crippen molar-refractivity contribution >= 4 is 37.3 Å². The third-order valence-corrected chi connectivity index (χ3v) is 5.64. The fourth-order valence-electron chi connectivity index (χ4n) is 1.04. The van der Waals surface area contributed by atoms with Crippen molar-refractivity contribution in [3.05, 3.63) is 15.9 Å². The highest BCUT2D eigenvalue weighted by Gasteiger charge is 2.37. The summed E-state index contributed by atoms with van der Waals surface area (Å²) in [7, 11) is -3.35. The number of hydrogen-bond donors (Lipinski definition) is 2. The van der Waals surface area contributed by atoms with Gasteiger partial charge in [-0.05, 0) is 28.4 Å². The molecule has 1 aromatic rings. The molecule has 1 fully saturated rings. The molecule has 0 aromatic carbocycles. The molecule has 0 spiro atoms. The van der Waals surface area contributed by atoms with E-state index in [9.17, 15) is 8.42 Å². The average Bonchev–Trinajstić information content (AvgIpc) is 2.61. The highest BCUT2D eigenvalue weighted by atomic mass is 79.9. The molecule has 2 rings (SSSR count). The van der Waals surface area contributed by atoms with Crippen LogP contribution in [0.2, 0.25) is 0 Å². The van der Waals surface area contributed by atoms with Gasteiger partial charge in [-0.15, -0.1) is 11.3 Å². The van der Waals surface area contributed by atoms with Crippen LogP contribution in [0.15, 0.2) is 20.1 Å². The van der Waals surface area contributed by atoms with Crippen molar-refractivity contribution in [1.29, 1.82) is 0 Å². The fraction of sp³-hybridized carbons (Fsp3) is 0.429. The lowest BCUT2D eigenvalue weighted by molar-refractivity contribution is 0.582. The van der Waals surface area contributed by atoms with Crippen molar-refractivity contribution in [2.45, 2.75) is 22.7 Å². The number of hydrogen-bond acceptors (Lipinski definition) is 4. The minimum atomic E-state index is -3.35. The van der Waals surface area contributed by atoms with Gasteiger partial charge in [-0.25, -0.2) is 13.1 Å². The van der Waals surface area contributed by atoms with Crippen molar-refractivity contribution in [3.63, 3.8) is 0 Å². The molecule has 1 heterocycles. The van der Waals surface area contributed by atoms with Crippen LogP contribution < -0.4 is 10.5 Å². The minimum absolute atomic E-state index is 0.0202. The molecule has 3 N–H and O–H groups in total. The Bertz CT molecular complexity index is 442. The quantitative estimate of drug-likeness (QED) is 0.870. The van der Waals surface area contributed by atoms with Crippen molar-refractivity contribution in [1.82, 2.24) is 4.72 Å². The molecule has 1 aliphatic rings. The van der Waals surface area contributed by atoms with Crippen LogP contribution >= 0.6 is 27.3 Å². The fourth-order valence-corrected chi connectivity index (χ4v) is 4.21. The number of nitrogens with two attached hydrogens (primary N) is 1. The van der Waals surface area contributed by atoms with E-state index in [-0.39, 0.29) is 12.1 Å². The molecule has 7 heteroatoms. The van der Waals surface area contributed by atoms with Gasteiger partial charge < -0.3 is 5.73 Å². The summed E-state index contributed by atoms with van der Waals surface area (Å²) < 4.78 is 27.0. The zero-order valence-corrected chi connectivity index (χ0v) is 10.3. The highest BCUT2D eigenvalue weighted by molar-refractivity contribution is 9.10. The van der Waals surface area contributed by atoms with Crippen molar-refractivity contribution in [2.75, 3.05) is 0 Å². The van der Waals surface area contributed by atoms with E-state index in [4.69, 9.17) is 5.73 Å². The molecule has 2 unspecified atom stereocenters. The topological polar surface area (TPSA) is 72.2 Å². The predicted octanol–water partition coefficient (Wildman–Crippen LogP) is 0.889. The molecular weight excluding hydrogens is 288 g/mol. The Morgan fingerprint density at radius 3 is 2.71 bits per heavy atom. The Labute approximate surface area is 94.7 Å². The van der Waals surface area contributed by atoms with Crippen LogP contribution in [0.4, 0.5) is 0 Å². The van der Waals surface area contributed by atoms with Gasteiger partial charge >= 0.3 is 0 Å². The number of nitrogens with one attached hydrogen (secondary N) is 1. The molecule has 14 heavy (non-hydrogen) atoms. The van der Waals surface area contributed by atoms with E-state index >= 15 is 0 Å². The maximum Gasteiger partial charge on any atom is 0.250 e.